The van der Waals surface area contributed by atoms with Crippen LogP contribution < -0.4 is 5.32 Å². The van der Waals surface area contributed by atoms with E-state index in [-0.39, 0.29) is 11.8 Å². The molecule has 0 saturated heterocycles. The standard InChI is InChI=1S/C16H19Cl2N3O/c1-11(16-13(17)4-3-5-14(16)18)8-19-15(22)7-6-12-9-20-21(2)10-12/h3-5,9-11H,6-8H2,1-2H3,(H,19,22). The second-order valence-corrected chi connectivity index (χ2v) is 6.18. The fraction of sp³-hybridized carbons (Fsp3) is 0.375. The van der Waals surface area contributed by atoms with Crippen molar-refractivity contribution >= 4 is 29.1 Å². The van der Waals surface area contributed by atoms with Crippen molar-refractivity contribution in [3.8, 4) is 0 Å². The Kier molecular flexibility index (Phi) is 5.86. The molecule has 22 heavy (non-hydrogen) atoms. The van der Waals surface area contributed by atoms with Gasteiger partial charge in [0, 0.05) is 42.2 Å². The van der Waals surface area contributed by atoms with E-state index in [1.54, 1.807) is 10.9 Å². The Balaban J connectivity index is 1.83. The van der Waals surface area contributed by atoms with E-state index in [1.807, 2.05) is 38.4 Å². The zero-order chi connectivity index (χ0) is 16.1. The third-order valence-corrected chi connectivity index (χ3v) is 4.16. The van der Waals surface area contributed by atoms with Crippen molar-refractivity contribution in [1.82, 2.24) is 15.1 Å². The lowest BCUT2D eigenvalue weighted by Gasteiger charge is -2.16. The number of amides is 1. The molecule has 1 aromatic heterocycles. The Hall–Kier alpha value is -1.52. The lowest BCUT2D eigenvalue weighted by Crippen LogP contribution is -2.27. The first-order valence-corrected chi connectivity index (χ1v) is 7.91. The van der Waals surface area contributed by atoms with Gasteiger partial charge in [0.05, 0.1) is 6.20 Å². The summed E-state index contributed by atoms with van der Waals surface area (Å²) in [5, 5.41) is 8.27. The molecule has 0 aliphatic heterocycles. The van der Waals surface area contributed by atoms with Crippen molar-refractivity contribution in [1.29, 1.82) is 0 Å². The molecule has 1 heterocycles. The van der Waals surface area contributed by atoms with E-state index in [2.05, 4.69) is 10.4 Å². The lowest BCUT2D eigenvalue weighted by molar-refractivity contribution is -0.121. The van der Waals surface area contributed by atoms with E-state index in [0.29, 0.717) is 29.4 Å². The monoisotopic (exact) mass is 339 g/mol. The number of nitrogens with one attached hydrogen (secondary N) is 1. The summed E-state index contributed by atoms with van der Waals surface area (Å²) in [5.74, 6) is 0.0717. The fourth-order valence-electron chi connectivity index (χ4n) is 2.30. The van der Waals surface area contributed by atoms with Gasteiger partial charge < -0.3 is 5.32 Å². The Morgan fingerprint density at radius 2 is 2.05 bits per heavy atom. The number of carbonyl (C=O) groups is 1. The highest BCUT2D eigenvalue weighted by Gasteiger charge is 2.14. The predicted octanol–water partition coefficient (Wildman–Crippen LogP) is 3.58. The van der Waals surface area contributed by atoms with E-state index < -0.39 is 0 Å². The van der Waals surface area contributed by atoms with Gasteiger partial charge in [0.15, 0.2) is 0 Å². The molecule has 6 heteroatoms. The van der Waals surface area contributed by atoms with E-state index in [4.69, 9.17) is 23.2 Å². The summed E-state index contributed by atoms with van der Waals surface area (Å²) in [6.07, 6.45) is 4.81. The molecule has 118 valence electrons. The van der Waals surface area contributed by atoms with Gasteiger partial charge in [-0.05, 0) is 29.7 Å². The summed E-state index contributed by atoms with van der Waals surface area (Å²) in [4.78, 5) is 11.9. The number of aromatic nitrogens is 2. The molecule has 0 spiro atoms. The highest BCUT2D eigenvalue weighted by Crippen LogP contribution is 2.30. The van der Waals surface area contributed by atoms with Gasteiger partial charge in [-0.15, -0.1) is 0 Å². The molecule has 1 aromatic carbocycles. The van der Waals surface area contributed by atoms with E-state index >= 15 is 0 Å². The second kappa shape index (κ2) is 7.65. The molecule has 1 amide bonds. The molecule has 0 fully saturated rings. The first kappa shape index (κ1) is 16.8. The topological polar surface area (TPSA) is 46.9 Å². The normalized spacial score (nSPS) is 12.2. The zero-order valence-electron chi connectivity index (χ0n) is 12.6. The number of hydrogen-bond donors (Lipinski definition) is 1. The van der Waals surface area contributed by atoms with Crippen molar-refractivity contribution < 1.29 is 4.79 Å². The highest BCUT2D eigenvalue weighted by molar-refractivity contribution is 6.36. The number of hydrogen-bond acceptors (Lipinski definition) is 2. The Labute approximate surface area is 140 Å². The minimum Gasteiger partial charge on any atom is -0.355 e. The van der Waals surface area contributed by atoms with Crippen LogP contribution in [0.3, 0.4) is 0 Å². The highest BCUT2D eigenvalue weighted by atomic mass is 35.5. The van der Waals surface area contributed by atoms with Crippen molar-refractivity contribution in [2.45, 2.75) is 25.7 Å². The molecule has 2 aromatic rings. The van der Waals surface area contributed by atoms with Gasteiger partial charge in [-0.25, -0.2) is 0 Å². The average molecular weight is 340 g/mol. The van der Waals surface area contributed by atoms with Crippen LogP contribution in [0, 0.1) is 0 Å². The number of aryl methyl sites for hydroxylation is 2. The number of nitrogens with zero attached hydrogens (tertiary/aromatic N) is 2. The summed E-state index contributed by atoms with van der Waals surface area (Å²) in [7, 11) is 1.86. The SMILES string of the molecule is CC(CNC(=O)CCc1cnn(C)c1)c1c(Cl)cccc1Cl. The largest absolute Gasteiger partial charge is 0.355 e. The number of benzene rings is 1. The third kappa shape index (κ3) is 4.49. The van der Waals surface area contributed by atoms with Crippen LogP contribution in [0.1, 0.15) is 30.4 Å². The van der Waals surface area contributed by atoms with Gasteiger partial charge in [0.25, 0.3) is 0 Å². The van der Waals surface area contributed by atoms with Gasteiger partial charge >= 0.3 is 0 Å². The second-order valence-electron chi connectivity index (χ2n) is 5.36. The van der Waals surface area contributed by atoms with Crippen LogP contribution >= 0.6 is 23.2 Å². The van der Waals surface area contributed by atoms with Crippen LogP contribution in [0.4, 0.5) is 0 Å². The number of carbonyl (C=O) groups excluding carboxylic acids is 1. The number of rotatable bonds is 6. The molecule has 0 aliphatic carbocycles. The molecule has 4 nitrogen and oxygen atoms in total. The predicted molar refractivity (Wildman–Crippen MR) is 89.4 cm³/mol. The Morgan fingerprint density at radius 3 is 2.64 bits per heavy atom. The van der Waals surface area contributed by atoms with E-state index in [0.717, 1.165) is 11.1 Å². The van der Waals surface area contributed by atoms with Crippen LogP contribution in [-0.4, -0.2) is 22.2 Å². The van der Waals surface area contributed by atoms with Crippen molar-refractivity contribution in [2.24, 2.45) is 7.05 Å². The molecule has 1 N–H and O–H groups in total. The fourth-order valence-corrected chi connectivity index (χ4v) is 3.07. The summed E-state index contributed by atoms with van der Waals surface area (Å²) in [6.45, 7) is 2.50. The van der Waals surface area contributed by atoms with Gasteiger partial charge in [-0.2, -0.15) is 5.10 Å². The molecular weight excluding hydrogens is 321 g/mol. The molecule has 0 saturated carbocycles. The summed E-state index contributed by atoms with van der Waals surface area (Å²) >= 11 is 12.4. The van der Waals surface area contributed by atoms with Gasteiger partial charge in [-0.1, -0.05) is 36.2 Å². The maximum atomic E-state index is 11.9. The molecule has 0 bridgehead atoms. The first-order valence-electron chi connectivity index (χ1n) is 7.15. The summed E-state index contributed by atoms with van der Waals surface area (Å²) < 4.78 is 1.73. The quantitative estimate of drug-likeness (QED) is 0.874. The van der Waals surface area contributed by atoms with Crippen molar-refractivity contribution in [3.63, 3.8) is 0 Å². The maximum Gasteiger partial charge on any atom is 0.220 e. The van der Waals surface area contributed by atoms with Gasteiger partial charge in [0.1, 0.15) is 0 Å². The van der Waals surface area contributed by atoms with Crippen molar-refractivity contribution in [2.75, 3.05) is 6.54 Å². The smallest absolute Gasteiger partial charge is 0.220 e. The maximum absolute atomic E-state index is 11.9. The van der Waals surface area contributed by atoms with Crippen LogP contribution in [0.5, 0.6) is 0 Å². The summed E-state index contributed by atoms with van der Waals surface area (Å²) in [6, 6.07) is 5.43. The Bertz CT molecular complexity index is 634. The minimum absolute atomic E-state index is 0.0129. The minimum atomic E-state index is 0.0129. The van der Waals surface area contributed by atoms with E-state index in [9.17, 15) is 4.79 Å². The molecule has 2 rings (SSSR count). The summed E-state index contributed by atoms with van der Waals surface area (Å²) in [5.41, 5.74) is 1.93. The van der Waals surface area contributed by atoms with Crippen molar-refractivity contribution in [3.05, 3.63) is 51.8 Å². The van der Waals surface area contributed by atoms with E-state index in [1.165, 1.54) is 0 Å². The van der Waals surface area contributed by atoms with Crippen LogP contribution in [0.15, 0.2) is 30.6 Å². The average Bonchev–Trinajstić information content (AvgIpc) is 2.88. The molecule has 0 radical (unpaired) electrons. The van der Waals surface area contributed by atoms with Crippen LogP contribution in [0.25, 0.3) is 0 Å². The first-order chi connectivity index (χ1) is 10.5. The van der Waals surface area contributed by atoms with Crippen LogP contribution in [-0.2, 0) is 18.3 Å². The molecular formula is C16H19Cl2N3O. The number of halogens is 2. The molecule has 0 aliphatic rings. The molecule has 1 unspecified atom stereocenters. The zero-order valence-corrected chi connectivity index (χ0v) is 14.2. The molecule has 1 atom stereocenters. The lowest BCUT2D eigenvalue weighted by atomic mass is 10.0. The van der Waals surface area contributed by atoms with Gasteiger partial charge in [0.2, 0.25) is 5.91 Å². The van der Waals surface area contributed by atoms with Crippen LogP contribution in [0.2, 0.25) is 10.0 Å². The van der Waals surface area contributed by atoms with Gasteiger partial charge in [-0.3, -0.25) is 9.48 Å². The third-order valence-electron chi connectivity index (χ3n) is 3.50. The Morgan fingerprint density at radius 1 is 1.36 bits per heavy atom.